The molecule has 0 unspecified atom stereocenters. The van der Waals surface area contributed by atoms with Crippen LogP contribution >= 0.6 is 0 Å². The number of nitrogens with zero attached hydrogens (tertiary/aromatic N) is 3. The average Bonchev–Trinajstić information content (AvgIpc) is 3.57. The van der Waals surface area contributed by atoms with Crippen molar-refractivity contribution in [1.82, 2.24) is 14.8 Å². The second-order valence-corrected chi connectivity index (χ2v) is 8.11. The first kappa shape index (κ1) is 20.2. The smallest absolute Gasteiger partial charge is 0.255 e. The highest BCUT2D eigenvalue weighted by molar-refractivity contribution is 5.93. The minimum Gasteiger partial charge on any atom is -0.374 e. The second kappa shape index (κ2) is 8.08. The monoisotopic (exact) mass is 425 g/mol. The van der Waals surface area contributed by atoms with E-state index >= 15 is 0 Å². The summed E-state index contributed by atoms with van der Waals surface area (Å²) in [6.07, 6.45) is 6.07. The van der Waals surface area contributed by atoms with Crippen LogP contribution in [-0.4, -0.2) is 20.9 Å². The molecule has 2 heterocycles. The molecule has 1 aliphatic rings. The van der Waals surface area contributed by atoms with Gasteiger partial charge in [-0.15, -0.1) is 0 Å². The number of nitrogens with one attached hydrogen (secondary N) is 1. The summed E-state index contributed by atoms with van der Waals surface area (Å²) < 4.78 is 7.58. The Morgan fingerprint density at radius 2 is 2.06 bits per heavy atom. The van der Waals surface area contributed by atoms with Crippen molar-refractivity contribution in [1.29, 1.82) is 0 Å². The fourth-order valence-corrected chi connectivity index (χ4v) is 4.03. The minimum atomic E-state index is -0.144. The molecule has 0 aliphatic heterocycles. The third-order valence-corrected chi connectivity index (χ3v) is 5.91. The largest absolute Gasteiger partial charge is 0.374 e. The number of ether oxygens (including phenoxy) is 1. The third kappa shape index (κ3) is 3.60. The van der Waals surface area contributed by atoms with Crippen molar-refractivity contribution in [3.05, 3.63) is 81.7 Å². The number of H-pyrrole nitrogens is 1. The number of aromatic nitrogens is 3. The van der Waals surface area contributed by atoms with Crippen LogP contribution in [0.15, 0.2) is 53.6 Å². The topological polar surface area (TPSA) is 90.3 Å². The standard InChI is InChI=1S/C25H23N5O2/c1-27-23-9-15(14-32-18-5-6-18)3-7-20(23)24-22(13-29-30(24)2)16-4-8-19-21(10-16)17(11-26)12-28-25(19)31/h3-4,7-10,12-13,18H,5-6,11,14,26H2,2H3,(H,28,31). The first-order chi connectivity index (χ1) is 15.6. The van der Waals surface area contributed by atoms with E-state index < -0.39 is 0 Å². The van der Waals surface area contributed by atoms with Gasteiger partial charge >= 0.3 is 0 Å². The number of fused-ring (bicyclic) bond motifs is 1. The van der Waals surface area contributed by atoms with Crippen LogP contribution in [0.3, 0.4) is 0 Å². The molecule has 3 N–H and O–H groups in total. The summed E-state index contributed by atoms with van der Waals surface area (Å²) in [6.45, 7) is 8.59. The molecule has 0 saturated heterocycles. The van der Waals surface area contributed by atoms with Gasteiger partial charge in [-0.2, -0.15) is 5.10 Å². The van der Waals surface area contributed by atoms with Gasteiger partial charge in [-0.25, -0.2) is 4.85 Å². The van der Waals surface area contributed by atoms with E-state index in [-0.39, 0.29) is 5.56 Å². The van der Waals surface area contributed by atoms with Crippen LogP contribution in [0.4, 0.5) is 5.69 Å². The van der Waals surface area contributed by atoms with E-state index in [0.717, 1.165) is 51.7 Å². The van der Waals surface area contributed by atoms with E-state index in [2.05, 4.69) is 14.9 Å². The quantitative estimate of drug-likeness (QED) is 0.451. The Labute approximate surface area is 185 Å². The highest BCUT2D eigenvalue weighted by atomic mass is 16.5. The molecule has 1 fully saturated rings. The summed E-state index contributed by atoms with van der Waals surface area (Å²) in [5.74, 6) is 0. The van der Waals surface area contributed by atoms with E-state index in [1.807, 2.05) is 43.4 Å². The van der Waals surface area contributed by atoms with Crippen LogP contribution < -0.4 is 11.3 Å². The highest BCUT2D eigenvalue weighted by Crippen LogP contribution is 2.39. The fourth-order valence-electron chi connectivity index (χ4n) is 4.03. The fraction of sp³-hybridized carbons (Fsp3) is 0.240. The molecule has 7 heteroatoms. The molecule has 2 aromatic heterocycles. The molecule has 1 saturated carbocycles. The van der Waals surface area contributed by atoms with Crippen LogP contribution in [0.25, 0.3) is 38.0 Å². The number of benzene rings is 2. The molecule has 2 aromatic carbocycles. The summed E-state index contributed by atoms with van der Waals surface area (Å²) in [6, 6.07) is 11.6. The number of aromatic amines is 1. The lowest BCUT2D eigenvalue weighted by Crippen LogP contribution is -2.09. The lowest BCUT2D eigenvalue weighted by molar-refractivity contribution is 0.106. The van der Waals surface area contributed by atoms with Crippen molar-refractivity contribution in [2.75, 3.05) is 0 Å². The van der Waals surface area contributed by atoms with Crippen LogP contribution in [-0.2, 0) is 24.9 Å². The number of rotatable bonds is 6. The zero-order valence-corrected chi connectivity index (χ0v) is 17.8. The zero-order chi connectivity index (χ0) is 22.2. The molecule has 0 amide bonds. The Kier molecular flexibility index (Phi) is 5.10. The summed E-state index contributed by atoms with van der Waals surface area (Å²) in [5.41, 5.74) is 11.7. The van der Waals surface area contributed by atoms with Gasteiger partial charge in [0.2, 0.25) is 0 Å². The molecule has 0 bridgehead atoms. The zero-order valence-electron chi connectivity index (χ0n) is 17.8. The number of pyridine rings is 1. The molecule has 1 aliphatic carbocycles. The normalized spacial score (nSPS) is 13.4. The lowest BCUT2D eigenvalue weighted by atomic mass is 9.96. The van der Waals surface area contributed by atoms with Gasteiger partial charge in [-0.1, -0.05) is 24.3 Å². The van der Waals surface area contributed by atoms with Gasteiger partial charge in [0.05, 0.1) is 31.2 Å². The maximum atomic E-state index is 12.2. The molecule has 0 spiro atoms. The summed E-state index contributed by atoms with van der Waals surface area (Å²) in [5, 5.41) is 5.89. The maximum absolute atomic E-state index is 12.2. The summed E-state index contributed by atoms with van der Waals surface area (Å²) in [4.78, 5) is 18.8. The van der Waals surface area contributed by atoms with Crippen LogP contribution in [0.1, 0.15) is 24.0 Å². The van der Waals surface area contributed by atoms with Crippen molar-refractivity contribution >= 4 is 16.5 Å². The van der Waals surface area contributed by atoms with Gasteiger partial charge < -0.3 is 15.5 Å². The van der Waals surface area contributed by atoms with Crippen LogP contribution in [0.2, 0.25) is 0 Å². The van der Waals surface area contributed by atoms with Gasteiger partial charge in [0.25, 0.3) is 5.56 Å². The Balaban J connectivity index is 1.61. The molecule has 7 nitrogen and oxygen atoms in total. The Morgan fingerprint density at radius 3 is 2.81 bits per heavy atom. The number of hydrogen-bond donors (Lipinski definition) is 2. The second-order valence-electron chi connectivity index (χ2n) is 8.11. The predicted octanol–water partition coefficient (Wildman–Crippen LogP) is 4.28. The van der Waals surface area contributed by atoms with Gasteiger partial charge in [0, 0.05) is 36.3 Å². The van der Waals surface area contributed by atoms with Crippen molar-refractivity contribution in [3.63, 3.8) is 0 Å². The SMILES string of the molecule is [C-]#[N+]c1cc(COC2CC2)ccc1-c1c(-c2ccc3c(=O)[nH]cc(CN)c3c2)cnn1C. The van der Waals surface area contributed by atoms with Crippen LogP contribution in [0, 0.1) is 6.57 Å². The van der Waals surface area contributed by atoms with Gasteiger partial charge in [0.15, 0.2) is 5.69 Å². The summed E-state index contributed by atoms with van der Waals surface area (Å²) in [7, 11) is 1.87. The maximum Gasteiger partial charge on any atom is 0.255 e. The van der Waals surface area contributed by atoms with E-state index in [0.29, 0.717) is 30.3 Å². The Hall–Kier alpha value is -3.73. The molecule has 5 rings (SSSR count). The number of aryl methyl sites for hydroxylation is 1. The molecule has 4 aromatic rings. The van der Waals surface area contributed by atoms with Gasteiger partial charge in [-0.05, 0) is 47.1 Å². The molecular weight excluding hydrogens is 402 g/mol. The van der Waals surface area contributed by atoms with Crippen LogP contribution in [0.5, 0.6) is 0 Å². The number of hydrogen-bond acceptors (Lipinski definition) is 4. The van der Waals surface area contributed by atoms with Crippen molar-refractivity contribution < 1.29 is 4.74 Å². The number of nitrogens with two attached hydrogens (primary N) is 1. The predicted molar refractivity (Wildman–Crippen MR) is 124 cm³/mol. The Morgan fingerprint density at radius 1 is 1.22 bits per heavy atom. The van der Waals surface area contributed by atoms with E-state index in [4.69, 9.17) is 17.0 Å². The highest BCUT2D eigenvalue weighted by Gasteiger charge is 2.22. The van der Waals surface area contributed by atoms with Crippen molar-refractivity contribution in [3.8, 4) is 22.4 Å². The third-order valence-electron chi connectivity index (χ3n) is 5.91. The molecule has 0 atom stereocenters. The van der Waals surface area contributed by atoms with E-state index in [9.17, 15) is 4.79 Å². The summed E-state index contributed by atoms with van der Waals surface area (Å²) >= 11 is 0. The van der Waals surface area contributed by atoms with Crippen molar-refractivity contribution in [2.24, 2.45) is 12.8 Å². The average molecular weight is 425 g/mol. The first-order valence-electron chi connectivity index (χ1n) is 10.6. The van der Waals surface area contributed by atoms with E-state index in [1.165, 1.54) is 0 Å². The Bertz CT molecular complexity index is 1420. The molecule has 160 valence electrons. The minimum absolute atomic E-state index is 0.144. The van der Waals surface area contributed by atoms with Gasteiger partial charge in [0.1, 0.15) is 0 Å². The molecule has 32 heavy (non-hydrogen) atoms. The molecule has 0 radical (unpaired) electrons. The first-order valence-corrected chi connectivity index (χ1v) is 10.6. The van der Waals surface area contributed by atoms with E-state index in [1.54, 1.807) is 17.1 Å². The lowest BCUT2D eigenvalue weighted by Gasteiger charge is -2.12. The molecular formula is C25H23N5O2. The van der Waals surface area contributed by atoms with Gasteiger partial charge in [-0.3, -0.25) is 9.48 Å². The van der Waals surface area contributed by atoms with Crippen molar-refractivity contribution in [2.45, 2.75) is 32.1 Å².